The molecule has 160 valence electrons. The van der Waals surface area contributed by atoms with E-state index in [1.54, 1.807) is 0 Å². The average Bonchev–Trinajstić information content (AvgIpc) is 3.42. The molecule has 2 aliphatic rings. The Hall–Kier alpha value is -2.90. The zero-order valence-corrected chi connectivity index (χ0v) is 17.7. The summed E-state index contributed by atoms with van der Waals surface area (Å²) in [5, 5.41) is 7.94. The van der Waals surface area contributed by atoms with Gasteiger partial charge < -0.3 is 20.4 Å². The first-order valence-corrected chi connectivity index (χ1v) is 10.9. The van der Waals surface area contributed by atoms with Crippen molar-refractivity contribution in [1.29, 1.82) is 0 Å². The number of aromatic nitrogens is 2. The number of rotatable bonds is 6. The lowest BCUT2D eigenvalue weighted by molar-refractivity contribution is -0.130. The van der Waals surface area contributed by atoms with E-state index in [0.717, 1.165) is 42.7 Å². The van der Waals surface area contributed by atoms with Crippen molar-refractivity contribution in [2.75, 3.05) is 36.8 Å². The van der Waals surface area contributed by atoms with Crippen molar-refractivity contribution in [3.05, 3.63) is 24.3 Å². The molecule has 2 aliphatic heterocycles. The van der Waals surface area contributed by atoms with E-state index in [1.165, 1.54) is 0 Å². The van der Waals surface area contributed by atoms with Crippen LogP contribution in [0.4, 0.5) is 11.8 Å². The predicted molar refractivity (Wildman–Crippen MR) is 117 cm³/mol. The number of amides is 2. The second-order valence-corrected chi connectivity index (χ2v) is 8.06. The fourth-order valence-corrected chi connectivity index (χ4v) is 4.28. The third-order valence-electron chi connectivity index (χ3n) is 5.96. The summed E-state index contributed by atoms with van der Waals surface area (Å²) in [5.74, 6) is 1.75. The first-order chi connectivity index (χ1) is 14.6. The molecular weight excluding hydrogens is 380 g/mol. The summed E-state index contributed by atoms with van der Waals surface area (Å²) in [5.41, 5.74) is 0.872. The van der Waals surface area contributed by atoms with Crippen molar-refractivity contribution in [3.63, 3.8) is 0 Å². The van der Waals surface area contributed by atoms with Crippen LogP contribution >= 0.6 is 0 Å². The highest BCUT2D eigenvalue weighted by atomic mass is 16.2. The lowest BCUT2D eigenvalue weighted by Gasteiger charge is -2.19. The van der Waals surface area contributed by atoms with Crippen molar-refractivity contribution in [2.24, 2.45) is 0 Å². The molecule has 2 N–H and O–H groups in total. The molecule has 0 saturated carbocycles. The summed E-state index contributed by atoms with van der Waals surface area (Å²) in [4.78, 5) is 37.2. The molecule has 2 amide bonds. The monoisotopic (exact) mass is 410 g/mol. The van der Waals surface area contributed by atoms with E-state index in [0.29, 0.717) is 31.9 Å². The lowest BCUT2D eigenvalue weighted by atomic mass is 10.2. The Labute approximate surface area is 177 Å². The van der Waals surface area contributed by atoms with Crippen molar-refractivity contribution >= 4 is 34.5 Å². The summed E-state index contributed by atoms with van der Waals surface area (Å²) < 4.78 is 0. The Balaban J connectivity index is 1.50. The summed E-state index contributed by atoms with van der Waals surface area (Å²) >= 11 is 0. The van der Waals surface area contributed by atoms with E-state index in [-0.39, 0.29) is 23.9 Å². The molecule has 8 nitrogen and oxygen atoms in total. The minimum atomic E-state index is 0.152. The van der Waals surface area contributed by atoms with Gasteiger partial charge in [0.2, 0.25) is 17.8 Å². The Morgan fingerprint density at radius 2 is 1.53 bits per heavy atom. The van der Waals surface area contributed by atoms with E-state index >= 15 is 0 Å². The maximum Gasteiger partial charge on any atom is 0.225 e. The van der Waals surface area contributed by atoms with Gasteiger partial charge in [0, 0.05) is 56.5 Å². The van der Waals surface area contributed by atoms with Crippen LogP contribution in [0.15, 0.2) is 24.3 Å². The maximum atomic E-state index is 12.0. The molecule has 2 fully saturated rings. The molecule has 2 unspecified atom stereocenters. The van der Waals surface area contributed by atoms with E-state index in [1.807, 2.05) is 47.9 Å². The normalized spacial score (nSPS) is 21.3. The second kappa shape index (κ2) is 8.85. The second-order valence-electron chi connectivity index (χ2n) is 8.06. The quantitative estimate of drug-likeness (QED) is 0.760. The van der Waals surface area contributed by atoms with Crippen molar-refractivity contribution in [3.8, 4) is 0 Å². The molecule has 1 aromatic carbocycles. The van der Waals surface area contributed by atoms with Gasteiger partial charge in [0.1, 0.15) is 5.82 Å². The number of hydrogen-bond acceptors (Lipinski definition) is 6. The molecule has 30 heavy (non-hydrogen) atoms. The number of nitrogens with one attached hydrogen (secondary N) is 2. The third-order valence-corrected chi connectivity index (χ3v) is 5.96. The van der Waals surface area contributed by atoms with Crippen LogP contribution in [0.25, 0.3) is 10.9 Å². The molecule has 0 spiro atoms. The molecule has 0 radical (unpaired) electrons. The lowest BCUT2D eigenvalue weighted by Crippen LogP contribution is -2.32. The van der Waals surface area contributed by atoms with Gasteiger partial charge in [0.05, 0.1) is 5.52 Å². The summed E-state index contributed by atoms with van der Waals surface area (Å²) in [7, 11) is 0. The number of likely N-dealkylation sites (tertiary alicyclic amines) is 2. The molecule has 4 rings (SSSR count). The SMILES string of the molecule is CCC(=O)N1CCC(Nc2nc(NC3CCN(C(=O)CC)C3)c3ccccc3n2)C1. The van der Waals surface area contributed by atoms with Crippen LogP contribution in [-0.2, 0) is 9.59 Å². The van der Waals surface area contributed by atoms with Crippen LogP contribution in [0.3, 0.4) is 0 Å². The molecule has 0 aliphatic carbocycles. The number of carbonyl (C=O) groups excluding carboxylic acids is 2. The molecule has 1 aromatic heterocycles. The van der Waals surface area contributed by atoms with E-state index in [9.17, 15) is 9.59 Å². The molecule has 3 heterocycles. The van der Waals surface area contributed by atoms with Crippen LogP contribution < -0.4 is 10.6 Å². The number of anilines is 2. The van der Waals surface area contributed by atoms with Gasteiger partial charge in [0.15, 0.2) is 0 Å². The molecule has 0 bridgehead atoms. The van der Waals surface area contributed by atoms with Crippen molar-refractivity contribution < 1.29 is 9.59 Å². The van der Waals surface area contributed by atoms with Crippen molar-refractivity contribution in [1.82, 2.24) is 19.8 Å². The number of carbonyl (C=O) groups is 2. The minimum Gasteiger partial charge on any atom is -0.365 e. The highest BCUT2D eigenvalue weighted by molar-refractivity contribution is 5.90. The largest absolute Gasteiger partial charge is 0.365 e. The van der Waals surface area contributed by atoms with Gasteiger partial charge >= 0.3 is 0 Å². The molecule has 2 saturated heterocycles. The predicted octanol–water partition coefficient (Wildman–Crippen LogP) is 2.48. The highest BCUT2D eigenvalue weighted by Gasteiger charge is 2.28. The zero-order valence-electron chi connectivity index (χ0n) is 17.7. The van der Waals surface area contributed by atoms with Crippen LogP contribution in [-0.4, -0.2) is 69.8 Å². The minimum absolute atomic E-state index is 0.152. The first kappa shape index (κ1) is 20.4. The Bertz CT molecular complexity index is 933. The Morgan fingerprint density at radius 3 is 2.17 bits per heavy atom. The van der Waals surface area contributed by atoms with Crippen molar-refractivity contribution in [2.45, 2.75) is 51.6 Å². The van der Waals surface area contributed by atoms with E-state index in [4.69, 9.17) is 9.97 Å². The van der Waals surface area contributed by atoms with Crippen LogP contribution in [0.1, 0.15) is 39.5 Å². The average molecular weight is 411 g/mol. The fraction of sp³-hybridized carbons (Fsp3) is 0.545. The third kappa shape index (κ3) is 4.32. The summed E-state index contributed by atoms with van der Waals surface area (Å²) in [6.45, 7) is 6.73. The van der Waals surface area contributed by atoms with Gasteiger partial charge in [-0.25, -0.2) is 4.98 Å². The van der Waals surface area contributed by atoms with Gasteiger partial charge in [-0.3, -0.25) is 9.59 Å². The highest BCUT2D eigenvalue weighted by Crippen LogP contribution is 2.25. The number of nitrogens with zero attached hydrogens (tertiary/aromatic N) is 4. The molecule has 2 aromatic rings. The summed E-state index contributed by atoms with van der Waals surface area (Å²) in [6.07, 6.45) is 2.87. The van der Waals surface area contributed by atoms with Gasteiger partial charge in [-0.2, -0.15) is 4.98 Å². The van der Waals surface area contributed by atoms with Gasteiger partial charge in [-0.05, 0) is 25.0 Å². The van der Waals surface area contributed by atoms with E-state index in [2.05, 4.69) is 10.6 Å². The summed E-state index contributed by atoms with van der Waals surface area (Å²) in [6, 6.07) is 8.28. The zero-order chi connectivity index (χ0) is 21.1. The smallest absolute Gasteiger partial charge is 0.225 e. The topological polar surface area (TPSA) is 90.5 Å². The fourth-order valence-electron chi connectivity index (χ4n) is 4.28. The van der Waals surface area contributed by atoms with Crippen LogP contribution in [0.5, 0.6) is 0 Å². The molecule has 8 heteroatoms. The Morgan fingerprint density at radius 1 is 0.933 bits per heavy atom. The number of para-hydroxylation sites is 1. The molecule has 2 atom stereocenters. The standard InChI is InChI=1S/C22H30N6O2/c1-3-19(29)27-11-9-15(13-27)23-21-17-7-5-6-8-18(17)25-22(26-21)24-16-10-12-28(14-16)20(30)4-2/h5-8,15-16H,3-4,9-14H2,1-2H3,(H2,23,24,25,26). The van der Waals surface area contributed by atoms with Gasteiger partial charge in [0.25, 0.3) is 0 Å². The van der Waals surface area contributed by atoms with Crippen LogP contribution in [0.2, 0.25) is 0 Å². The first-order valence-electron chi connectivity index (χ1n) is 10.9. The molecular formula is C22H30N6O2. The Kier molecular flexibility index (Phi) is 6.01. The van der Waals surface area contributed by atoms with E-state index < -0.39 is 0 Å². The van der Waals surface area contributed by atoms with Gasteiger partial charge in [-0.1, -0.05) is 26.0 Å². The number of fused-ring (bicyclic) bond motifs is 1. The number of hydrogen-bond donors (Lipinski definition) is 2. The maximum absolute atomic E-state index is 12.0. The van der Waals surface area contributed by atoms with Crippen LogP contribution in [0, 0.1) is 0 Å². The van der Waals surface area contributed by atoms with Gasteiger partial charge in [-0.15, -0.1) is 0 Å². The number of benzene rings is 1.